The van der Waals surface area contributed by atoms with Gasteiger partial charge < -0.3 is 4.84 Å². The Balaban J connectivity index is 1.60. The maximum Gasteiger partial charge on any atom is 0.243 e. The molecule has 4 rings (SSSR count). The predicted molar refractivity (Wildman–Crippen MR) is 96.8 cm³/mol. The van der Waals surface area contributed by atoms with Crippen LogP contribution in [0.5, 0.6) is 0 Å². The zero-order valence-electron chi connectivity index (χ0n) is 14.6. The molecule has 9 heteroatoms. The molecule has 0 saturated carbocycles. The second-order valence-electron chi connectivity index (χ2n) is 6.48. The maximum atomic E-state index is 13.0. The Bertz CT molecular complexity index is 1040. The number of rotatable bonds is 5. The number of aromatic nitrogens is 3. The van der Waals surface area contributed by atoms with Gasteiger partial charge in [0.1, 0.15) is 23.5 Å². The molecule has 0 spiro atoms. The Morgan fingerprint density at radius 2 is 1.78 bits per heavy atom. The monoisotopic (exact) mass is 390 g/mol. The largest absolute Gasteiger partial charge is 0.390 e. The highest BCUT2D eigenvalue weighted by atomic mass is 32.2. The first kappa shape index (κ1) is 17.9. The molecule has 142 valence electrons. The van der Waals surface area contributed by atoms with Crippen LogP contribution >= 0.6 is 0 Å². The number of hydrogen-bond acceptors (Lipinski definition) is 5. The van der Waals surface area contributed by atoms with Gasteiger partial charge in [-0.1, -0.05) is 23.4 Å². The van der Waals surface area contributed by atoms with Crippen LogP contribution in [0.1, 0.15) is 24.8 Å². The van der Waals surface area contributed by atoms with Gasteiger partial charge in [0.15, 0.2) is 0 Å². The van der Waals surface area contributed by atoms with Crippen LogP contribution in [0.3, 0.4) is 0 Å². The van der Waals surface area contributed by atoms with Gasteiger partial charge in [0.05, 0.1) is 4.90 Å². The van der Waals surface area contributed by atoms with Gasteiger partial charge in [0.2, 0.25) is 10.0 Å². The smallest absolute Gasteiger partial charge is 0.243 e. The summed E-state index contributed by atoms with van der Waals surface area (Å²) in [5, 5.41) is 7.93. The number of nitrogens with zero attached hydrogens (tertiary/aromatic N) is 4. The topological polar surface area (TPSA) is 77.3 Å². The number of halogens is 1. The zero-order valence-corrected chi connectivity index (χ0v) is 15.4. The van der Waals surface area contributed by atoms with Crippen LogP contribution in [0.25, 0.3) is 11.0 Å². The number of hydrogen-bond donors (Lipinski definition) is 0. The maximum absolute atomic E-state index is 13.0. The van der Waals surface area contributed by atoms with E-state index < -0.39 is 10.0 Å². The molecule has 0 radical (unpaired) electrons. The molecule has 0 amide bonds. The van der Waals surface area contributed by atoms with Gasteiger partial charge in [-0.2, -0.15) is 4.31 Å². The third-order valence-corrected chi connectivity index (χ3v) is 6.50. The predicted octanol–water partition coefficient (Wildman–Crippen LogP) is 2.37. The van der Waals surface area contributed by atoms with Gasteiger partial charge in [-0.3, -0.25) is 0 Å². The van der Waals surface area contributed by atoms with Crippen LogP contribution in [0.2, 0.25) is 0 Å². The van der Waals surface area contributed by atoms with E-state index in [2.05, 4.69) is 10.3 Å². The van der Waals surface area contributed by atoms with E-state index in [-0.39, 0.29) is 17.3 Å². The number of piperidine rings is 1. The Labute approximate surface area is 156 Å². The molecule has 0 unspecified atom stereocenters. The SMILES string of the molecule is O=S(=O)(c1ccc2nnn(OCc3ccc(F)cc3)c2c1)N1CCCCC1. The average molecular weight is 390 g/mol. The second-order valence-corrected chi connectivity index (χ2v) is 8.42. The fourth-order valence-corrected chi connectivity index (χ4v) is 4.64. The summed E-state index contributed by atoms with van der Waals surface area (Å²) in [7, 11) is -3.55. The van der Waals surface area contributed by atoms with E-state index in [1.807, 2.05) is 0 Å². The molecular formula is C18H19FN4O3S. The molecular weight excluding hydrogens is 371 g/mol. The van der Waals surface area contributed by atoms with Crippen molar-refractivity contribution in [2.75, 3.05) is 13.1 Å². The molecule has 3 aromatic rings. The van der Waals surface area contributed by atoms with E-state index in [4.69, 9.17) is 4.84 Å². The molecule has 2 aromatic carbocycles. The van der Waals surface area contributed by atoms with E-state index in [0.29, 0.717) is 24.1 Å². The highest BCUT2D eigenvalue weighted by molar-refractivity contribution is 7.89. The number of sulfonamides is 1. The molecule has 0 atom stereocenters. The lowest BCUT2D eigenvalue weighted by atomic mass is 10.2. The fraction of sp³-hybridized carbons (Fsp3) is 0.333. The summed E-state index contributed by atoms with van der Waals surface area (Å²) >= 11 is 0. The minimum atomic E-state index is -3.55. The molecule has 1 aromatic heterocycles. The number of fused-ring (bicyclic) bond motifs is 1. The summed E-state index contributed by atoms with van der Waals surface area (Å²) < 4.78 is 40.3. The average Bonchev–Trinajstić information content (AvgIpc) is 3.10. The Hall–Kier alpha value is -2.52. The van der Waals surface area contributed by atoms with Crippen molar-refractivity contribution in [3.8, 4) is 0 Å². The third kappa shape index (κ3) is 3.65. The van der Waals surface area contributed by atoms with Crippen molar-refractivity contribution in [1.82, 2.24) is 19.5 Å². The Kier molecular flexibility index (Phi) is 4.79. The molecule has 27 heavy (non-hydrogen) atoms. The van der Waals surface area contributed by atoms with Gasteiger partial charge in [0.25, 0.3) is 0 Å². The molecule has 1 saturated heterocycles. The molecule has 1 aliphatic rings. The van der Waals surface area contributed by atoms with Gasteiger partial charge >= 0.3 is 0 Å². The van der Waals surface area contributed by atoms with Crippen molar-refractivity contribution in [2.45, 2.75) is 30.8 Å². The third-order valence-electron chi connectivity index (χ3n) is 4.61. The van der Waals surface area contributed by atoms with Crippen LogP contribution in [0.4, 0.5) is 4.39 Å². The molecule has 1 aliphatic heterocycles. The molecule has 7 nitrogen and oxygen atoms in total. The summed E-state index contributed by atoms with van der Waals surface area (Å²) in [6, 6.07) is 10.6. The lowest BCUT2D eigenvalue weighted by Crippen LogP contribution is -2.35. The second kappa shape index (κ2) is 7.24. The van der Waals surface area contributed by atoms with Crippen molar-refractivity contribution in [3.63, 3.8) is 0 Å². The van der Waals surface area contributed by atoms with Crippen molar-refractivity contribution in [3.05, 3.63) is 53.8 Å². The molecule has 0 aliphatic carbocycles. The van der Waals surface area contributed by atoms with Crippen molar-refractivity contribution in [1.29, 1.82) is 0 Å². The Morgan fingerprint density at radius 3 is 2.52 bits per heavy atom. The van der Waals surface area contributed by atoms with Gasteiger partial charge in [-0.25, -0.2) is 12.8 Å². The van der Waals surface area contributed by atoms with Crippen molar-refractivity contribution < 1.29 is 17.6 Å². The summed E-state index contributed by atoms with van der Waals surface area (Å²) in [4.78, 5) is 7.01. The van der Waals surface area contributed by atoms with Gasteiger partial charge in [-0.15, -0.1) is 5.10 Å². The van der Waals surface area contributed by atoms with E-state index in [1.54, 1.807) is 24.3 Å². The summed E-state index contributed by atoms with van der Waals surface area (Å²) in [6.45, 7) is 1.24. The normalized spacial score (nSPS) is 15.9. The highest BCUT2D eigenvalue weighted by Crippen LogP contribution is 2.23. The molecule has 0 N–H and O–H groups in total. The van der Waals surface area contributed by atoms with E-state index in [9.17, 15) is 12.8 Å². The van der Waals surface area contributed by atoms with Gasteiger partial charge in [-0.05, 0) is 54.0 Å². The standard InChI is InChI=1S/C18H19FN4O3S/c19-15-6-4-14(5-7-15)13-26-23-18-12-16(8-9-17(18)20-21-23)27(24,25)22-10-2-1-3-11-22/h4-9,12H,1-3,10-11,13H2. The van der Waals surface area contributed by atoms with E-state index in [0.717, 1.165) is 24.8 Å². The first-order chi connectivity index (χ1) is 13.0. The molecule has 1 fully saturated rings. The van der Waals surface area contributed by atoms with Crippen LogP contribution in [-0.4, -0.2) is 41.0 Å². The van der Waals surface area contributed by atoms with Crippen LogP contribution in [-0.2, 0) is 16.6 Å². The quantitative estimate of drug-likeness (QED) is 0.668. The van der Waals surface area contributed by atoms with E-state index in [1.165, 1.54) is 27.3 Å². The summed E-state index contributed by atoms with van der Waals surface area (Å²) in [6.07, 6.45) is 2.81. The van der Waals surface area contributed by atoms with Crippen molar-refractivity contribution in [2.24, 2.45) is 0 Å². The van der Waals surface area contributed by atoms with Gasteiger partial charge in [0, 0.05) is 13.1 Å². The Morgan fingerprint density at radius 1 is 1.04 bits per heavy atom. The van der Waals surface area contributed by atoms with Crippen LogP contribution in [0, 0.1) is 5.82 Å². The van der Waals surface area contributed by atoms with Crippen LogP contribution in [0.15, 0.2) is 47.4 Å². The fourth-order valence-electron chi connectivity index (χ4n) is 3.10. The molecule has 0 bridgehead atoms. The summed E-state index contributed by atoms with van der Waals surface area (Å²) in [5.74, 6) is -0.322. The number of benzene rings is 2. The lowest BCUT2D eigenvalue weighted by molar-refractivity contribution is 0.0751. The highest BCUT2D eigenvalue weighted by Gasteiger charge is 2.26. The first-order valence-electron chi connectivity index (χ1n) is 8.77. The first-order valence-corrected chi connectivity index (χ1v) is 10.2. The van der Waals surface area contributed by atoms with Crippen molar-refractivity contribution >= 4 is 21.1 Å². The minimum Gasteiger partial charge on any atom is -0.390 e. The summed E-state index contributed by atoms with van der Waals surface area (Å²) in [5.41, 5.74) is 1.76. The van der Waals surface area contributed by atoms with Crippen LogP contribution < -0.4 is 4.84 Å². The zero-order chi connectivity index (χ0) is 18.9. The van der Waals surface area contributed by atoms with E-state index >= 15 is 0 Å². The molecule has 2 heterocycles. The minimum absolute atomic E-state index is 0.155. The lowest BCUT2D eigenvalue weighted by Gasteiger charge is -2.25.